The van der Waals surface area contributed by atoms with Gasteiger partial charge in [0.25, 0.3) is 5.91 Å². The van der Waals surface area contributed by atoms with Gasteiger partial charge in [-0.1, -0.05) is 0 Å². The van der Waals surface area contributed by atoms with Gasteiger partial charge >= 0.3 is 0 Å². The van der Waals surface area contributed by atoms with Crippen molar-refractivity contribution in [2.45, 2.75) is 0 Å². The summed E-state index contributed by atoms with van der Waals surface area (Å²) < 4.78 is 21.8. The number of sulfonamides is 1. The van der Waals surface area contributed by atoms with Gasteiger partial charge in [-0.2, -0.15) is 0 Å². The number of carbonyl (C=O) groups excluding carboxylic acids is 1. The third-order valence-corrected chi connectivity index (χ3v) is 2.90. The molecule has 0 bridgehead atoms. The molecule has 0 aliphatic heterocycles. The van der Waals surface area contributed by atoms with Crippen molar-refractivity contribution in [2.24, 2.45) is 5.14 Å². The number of hydrogen-bond donors (Lipinski definition) is 2. The van der Waals surface area contributed by atoms with Crippen LogP contribution < -0.4 is 10.5 Å². The molecule has 0 unspecified atom stereocenters. The van der Waals surface area contributed by atoms with Gasteiger partial charge < -0.3 is 5.32 Å². The number of nitrogens with two attached hydrogens (primary N) is 1. The molecule has 0 radical (unpaired) electrons. The van der Waals surface area contributed by atoms with Crippen LogP contribution in [0.3, 0.4) is 0 Å². The van der Waals surface area contributed by atoms with Crippen LogP contribution in [0.5, 0.6) is 0 Å². The van der Waals surface area contributed by atoms with Crippen LogP contribution in [0.4, 0.5) is 0 Å². The zero-order chi connectivity index (χ0) is 12.2. The summed E-state index contributed by atoms with van der Waals surface area (Å²) in [5, 5.41) is 7.20. The van der Waals surface area contributed by atoms with Crippen LogP contribution in [0.25, 0.3) is 0 Å². The molecule has 1 amide bonds. The summed E-state index contributed by atoms with van der Waals surface area (Å²) in [6.07, 6.45) is 1.39. The molecule has 6 nitrogen and oxygen atoms in total. The molecule has 3 N–H and O–H groups in total. The van der Waals surface area contributed by atoms with Crippen molar-refractivity contribution in [3.63, 3.8) is 0 Å². The maximum absolute atomic E-state index is 11.4. The second-order valence-electron chi connectivity index (χ2n) is 2.99. The molecule has 1 heterocycles. The molecule has 0 atom stereocenters. The van der Waals surface area contributed by atoms with Crippen molar-refractivity contribution in [3.8, 4) is 0 Å². The predicted molar refractivity (Wildman–Crippen MR) is 62.2 cm³/mol. The Morgan fingerprint density at radius 1 is 1.50 bits per heavy atom. The highest BCUT2D eigenvalue weighted by atomic mass is 79.9. The van der Waals surface area contributed by atoms with E-state index >= 15 is 0 Å². The highest BCUT2D eigenvalue weighted by Gasteiger charge is 2.07. The maximum Gasteiger partial charge on any atom is 0.252 e. The fourth-order valence-electron chi connectivity index (χ4n) is 0.919. The maximum atomic E-state index is 11.4. The second kappa shape index (κ2) is 5.37. The first-order valence-corrected chi connectivity index (χ1v) is 6.79. The number of carbonyl (C=O) groups is 1. The zero-order valence-corrected chi connectivity index (χ0v) is 10.6. The lowest BCUT2D eigenvalue weighted by Gasteiger charge is -2.03. The van der Waals surface area contributed by atoms with Crippen LogP contribution in [0.15, 0.2) is 22.9 Å². The van der Waals surface area contributed by atoms with Gasteiger partial charge in [-0.3, -0.25) is 4.79 Å². The Kier molecular flexibility index (Phi) is 4.39. The number of amides is 1. The summed E-state index contributed by atoms with van der Waals surface area (Å²) in [5.41, 5.74) is 0.359. The largest absolute Gasteiger partial charge is 0.351 e. The fourth-order valence-corrected chi connectivity index (χ4v) is 1.54. The Hall–Kier alpha value is -0.990. The van der Waals surface area contributed by atoms with E-state index in [0.717, 1.165) is 0 Å². The fraction of sp³-hybridized carbons (Fsp3) is 0.250. The van der Waals surface area contributed by atoms with E-state index in [2.05, 4.69) is 26.2 Å². The van der Waals surface area contributed by atoms with Crippen molar-refractivity contribution in [1.29, 1.82) is 0 Å². The molecular weight excluding hydrogens is 298 g/mol. The molecule has 88 valence electrons. The molecule has 0 spiro atoms. The molecule has 0 saturated heterocycles. The number of nitrogens with zero attached hydrogens (tertiary/aromatic N) is 1. The van der Waals surface area contributed by atoms with Crippen LogP contribution in [0.2, 0.25) is 0 Å². The second-order valence-corrected chi connectivity index (χ2v) is 5.54. The molecule has 8 heteroatoms. The average molecular weight is 308 g/mol. The minimum absolute atomic E-state index is 0.0201. The molecule has 0 aromatic carbocycles. The van der Waals surface area contributed by atoms with Crippen molar-refractivity contribution in [3.05, 3.63) is 28.5 Å². The standard InChI is InChI=1S/C8H10BrN3O3S/c9-7-2-1-6(5-12-7)8(13)11-3-4-16(10,14)15/h1-2,5H,3-4H2,(H,11,13)(H2,10,14,15). The third-order valence-electron chi connectivity index (χ3n) is 1.66. The van der Waals surface area contributed by atoms with E-state index in [1.807, 2.05) is 0 Å². The molecule has 0 fully saturated rings. The number of rotatable bonds is 4. The lowest BCUT2D eigenvalue weighted by Crippen LogP contribution is -2.31. The number of pyridine rings is 1. The first-order valence-electron chi connectivity index (χ1n) is 4.29. The van der Waals surface area contributed by atoms with Crippen LogP contribution >= 0.6 is 15.9 Å². The molecule has 1 rings (SSSR count). The van der Waals surface area contributed by atoms with Gasteiger partial charge in [0, 0.05) is 12.7 Å². The van der Waals surface area contributed by atoms with Crippen molar-refractivity contribution in [2.75, 3.05) is 12.3 Å². The molecule has 16 heavy (non-hydrogen) atoms. The van der Waals surface area contributed by atoms with Crippen LogP contribution in [-0.2, 0) is 10.0 Å². The van der Waals surface area contributed by atoms with E-state index in [0.29, 0.717) is 10.2 Å². The monoisotopic (exact) mass is 307 g/mol. The summed E-state index contributed by atoms with van der Waals surface area (Å²) in [6.45, 7) is -0.0201. The molecule has 0 saturated carbocycles. The Morgan fingerprint density at radius 2 is 2.19 bits per heavy atom. The summed E-state index contributed by atoms with van der Waals surface area (Å²) in [7, 11) is -3.55. The lowest BCUT2D eigenvalue weighted by atomic mass is 10.3. The predicted octanol–water partition coefficient (Wildman–Crippen LogP) is -0.138. The molecule has 0 aliphatic rings. The SMILES string of the molecule is NS(=O)(=O)CCNC(=O)c1ccc(Br)nc1. The number of hydrogen-bond acceptors (Lipinski definition) is 4. The number of aromatic nitrogens is 1. The molecule has 1 aromatic heterocycles. The average Bonchev–Trinajstić information content (AvgIpc) is 2.16. The first kappa shape index (κ1) is 13.1. The van der Waals surface area contributed by atoms with Crippen LogP contribution in [0.1, 0.15) is 10.4 Å². The Labute approximate surface area is 101 Å². The van der Waals surface area contributed by atoms with E-state index in [4.69, 9.17) is 5.14 Å². The quantitative estimate of drug-likeness (QED) is 0.756. The van der Waals surface area contributed by atoms with E-state index < -0.39 is 10.0 Å². The van der Waals surface area contributed by atoms with E-state index in [1.54, 1.807) is 12.1 Å². The van der Waals surface area contributed by atoms with Crippen molar-refractivity contribution >= 4 is 31.9 Å². The normalized spacial score (nSPS) is 11.1. The van der Waals surface area contributed by atoms with E-state index in [9.17, 15) is 13.2 Å². The Bertz CT molecular complexity index is 472. The molecular formula is C8H10BrN3O3S. The lowest BCUT2D eigenvalue weighted by molar-refractivity contribution is 0.0956. The first-order chi connectivity index (χ1) is 7.38. The number of halogens is 1. The summed E-state index contributed by atoms with van der Waals surface area (Å²) in [4.78, 5) is 15.3. The van der Waals surface area contributed by atoms with Crippen LogP contribution in [-0.4, -0.2) is 31.6 Å². The van der Waals surface area contributed by atoms with Crippen molar-refractivity contribution < 1.29 is 13.2 Å². The van der Waals surface area contributed by atoms with Crippen molar-refractivity contribution in [1.82, 2.24) is 10.3 Å². The summed E-state index contributed by atoms with van der Waals surface area (Å²) >= 11 is 3.13. The third kappa shape index (κ3) is 4.69. The Morgan fingerprint density at radius 3 is 2.69 bits per heavy atom. The topological polar surface area (TPSA) is 102 Å². The van der Waals surface area contributed by atoms with Gasteiger partial charge in [-0.25, -0.2) is 18.5 Å². The molecule has 0 aliphatic carbocycles. The van der Waals surface area contributed by atoms with Gasteiger partial charge in [0.2, 0.25) is 10.0 Å². The number of nitrogens with one attached hydrogen (secondary N) is 1. The molecule has 1 aromatic rings. The summed E-state index contributed by atoms with van der Waals surface area (Å²) in [5.74, 6) is -0.675. The minimum atomic E-state index is -3.55. The zero-order valence-electron chi connectivity index (χ0n) is 8.18. The smallest absolute Gasteiger partial charge is 0.252 e. The van der Waals surface area contributed by atoms with Gasteiger partial charge in [0.05, 0.1) is 11.3 Å². The minimum Gasteiger partial charge on any atom is -0.351 e. The van der Waals surface area contributed by atoms with E-state index in [1.165, 1.54) is 6.20 Å². The summed E-state index contributed by atoms with van der Waals surface area (Å²) in [6, 6.07) is 3.19. The Balaban J connectivity index is 2.50. The highest BCUT2D eigenvalue weighted by molar-refractivity contribution is 9.10. The highest BCUT2D eigenvalue weighted by Crippen LogP contribution is 2.05. The van der Waals surface area contributed by atoms with Gasteiger partial charge in [0.15, 0.2) is 0 Å². The van der Waals surface area contributed by atoms with Gasteiger partial charge in [-0.15, -0.1) is 0 Å². The van der Waals surface area contributed by atoms with Gasteiger partial charge in [-0.05, 0) is 28.1 Å². The van der Waals surface area contributed by atoms with Crippen LogP contribution in [0, 0.1) is 0 Å². The number of primary sulfonamides is 1. The van der Waals surface area contributed by atoms with Gasteiger partial charge in [0.1, 0.15) is 4.60 Å². The van der Waals surface area contributed by atoms with E-state index in [-0.39, 0.29) is 18.2 Å².